The van der Waals surface area contributed by atoms with E-state index in [9.17, 15) is 9.90 Å². The molecule has 6 nitrogen and oxygen atoms in total. The first-order chi connectivity index (χ1) is 8.03. The van der Waals surface area contributed by atoms with Crippen molar-refractivity contribution in [3.63, 3.8) is 0 Å². The minimum Gasteiger partial charge on any atom is -0.385 e. The van der Waals surface area contributed by atoms with Crippen LogP contribution in [0.15, 0.2) is 6.20 Å². The first kappa shape index (κ1) is 12.1. The molecule has 17 heavy (non-hydrogen) atoms. The van der Waals surface area contributed by atoms with E-state index in [1.54, 1.807) is 6.92 Å². The maximum absolute atomic E-state index is 11.8. The van der Waals surface area contributed by atoms with Crippen molar-refractivity contribution in [3.05, 3.63) is 17.5 Å². The number of hydrogen-bond donors (Lipinski definition) is 3. The average molecular weight is 239 g/mol. The Bertz CT molecular complexity index is 418. The third kappa shape index (κ3) is 2.32. The van der Waals surface area contributed by atoms with E-state index in [2.05, 4.69) is 15.5 Å². The van der Waals surface area contributed by atoms with Gasteiger partial charge in [-0.05, 0) is 13.8 Å². The van der Waals surface area contributed by atoms with Gasteiger partial charge < -0.3 is 15.2 Å². The number of nitrogens with zero attached hydrogens (tertiary/aromatic N) is 1. The van der Waals surface area contributed by atoms with Gasteiger partial charge in [0, 0.05) is 25.3 Å². The third-order valence-electron chi connectivity index (χ3n) is 3.29. The lowest BCUT2D eigenvalue weighted by Crippen LogP contribution is -2.47. The van der Waals surface area contributed by atoms with Gasteiger partial charge >= 0.3 is 0 Å². The third-order valence-corrected chi connectivity index (χ3v) is 3.29. The Morgan fingerprint density at radius 2 is 2.59 bits per heavy atom. The SMILES string of the molecule is Cc1[nH]ncc1C(=O)NCC1(O)CCOC1C. The van der Waals surface area contributed by atoms with E-state index in [4.69, 9.17) is 4.74 Å². The van der Waals surface area contributed by atoms with Crippen molar-refractivity contribution in [1.82, 2.24) is 15.5 Å². The molecular weight excluding hydrogens is 222 g/mol. The van der Waals surface area contributed by atoms with Crippen LogP contribution in [0.5, 0.6) is 0 Å². The second-order valence-corrected chi connectivity index (χ2v) is 4.46. The molecule has 1 aromatic heterocycles. The molecule has 1 aromatic rings. The number of hydrogen-bond acceptors (Lipinski definition) is 4. The molecule has 1 aliphatic rings. The number of aromatic amines is 1. The molecule has 1 saturated heterocycles. The van der Waals surface area contributed by atoms with E-state index in [0.717, 1.165) is 0 Å². The largest absolute Gasteiger partial charge is 0.385 e. The van der Waals surface area contributed by atoms with Crippen molar-refractivity contribution in [2.24, 2.45) is 0 Å². The molecule has 1 fully saturated rings. The Morgan fingerprint density at radius 3 is 3.12 bits per heavy atom. The highest BCUT2D eigenvalue weighted by molar-refractivity contribution is 5.94. The summed E-state index contributed by atoms with van der Waals surface area (Å²) in [6.07, 6.45) is 1.76. The number of ether oxygens (including phenoxy) is 1. The quantitative estimate of drug-likeness (QED) is 0.692. The second kappa shape index (κ2) is 4.46. The van der Waals surface area contributed by atoms with E-state index in [0.29, 0.717) is 24.3 Å². The summed E-state index contributed by atoms with van der Waals surface area (Å²) >= 11 is 0. The number of aromatic nitrogens is 2. The number of aryl methyl sites for hydroxylation is 1. The maximum Gasteiger partial charge on any atom is 0.254 e. The van der Waals surface area contributed by atoms with Crippen LogP contribution >= 0.6 is 0 Å². The van der Waals surface area contributed by atoms with Gasteiger partial charge in [0.15, 0.2) is 0 Å². The molecule has 2 unspecified atom stereocenters. The number of amides is 1. The average Bonchev–Trinajstić information content (AvgIpc) is 2.84. The van der Waals surface area contributed by atoms with Gasteiger partial charge in [0.1, 0.15) is 5.60 Å². The Kier molecular flexibility index (Phi) is 3.17. The highest BCUT2D eigenvalue weighted by Crippen LogP contribution is 2.24. The van der Waals surface area contributed by atoms with Crippen LogP contribution < -0.4 is 5.32 Å². The Hall–Kier alpha value is -1.40. The fourth-order valence-corrected chi connectivity index (χ4v) is 1.91. The first-order valence-corrected chi connectivity index (χ1v) is 5.65. The molecule has 0 bridgehead atoms. The lowest BCUT2D eigenvalue weighted by Gasteiger charge is -2.26. The van der Waals surface area contributed by atoms with Crippen LogP contribution in [0, 0.1) is 6.92 Å². The minimum absolute atomic E-state index is 0.192. The van der Waals surface area contributed by atoms with Gasteiger partial charge in [-0.25, -0.2) is 0 Å². The van der Waals surface area contributed by atoms with Crippen LogP contribution in [0.1, 0.15) is 29.4 Å². The topological polar surface area (TPSA) is 87.2 Å². The maximum atomic E-state index is 11.8. The zero-order chi connectivity index (χ0) is 12.5. The summed E-state index contributed by atoms with van der Waals surface area (Å²) in [4.78, 5) is 11.8. The molecule has 0 aliphatic carbocycles. The Labute approximate surface area is 99.4 Å². The summed E-state index contributed by atoms with van der Waals surface area (Å²) in [5.74, 6) is -0.233. The summed E-state index contributed by atoms with van der Waals surface area (Å²) in [5.41, 5.74) is 0.248. The summed E-state index contributed by atoms with van der Waals surface area (Å²) in [5, 5.41) is 19.4. The van der Waals surface area contributed by atoms with E-state index in [1.165, 1.54) is 6.20 Å². The molecule has 1 aliphatic heterocycles. The van der Waals surface area contributed by atoms with Gasteiger partial charge in [0.2, 0.25) is 0 Å². The highest BCUT2D eigenvalue weighted by atomic mass is 16.5. The van der Waals surface area contributed by atoms with Crippen molar-refractivity contribution in [1.29, 1.82) is 0 Å². The van der Waals surface area contributed by atoms with E-state index in [1.807, 2.05) is 6.92 Å². The molecule has 3 N–H and O–H groups in total. The van der Waals surface area contributed by atoms with Crippen LogP contribution in [0.25, 0.3) is 0 Å². The van der Waals surface area contributed by atoms with Gasteiger partial charge in [-0.15, -0.1) is 0 Å². The number of carbonyl (C=O) groups excluding carboxylic acids is 1. The van der Waals surface area contributed by atoms with Gasteiger partial charge in [0.25, 0.3) is 5.91 Å². The van der Waals surface area contributed by atoms with Crippen molar-refractivity contribution in [2.75, 3.05) is 13.2 Å². The van der Waals surface area contributed by atoms with Gasteiger partial charge in [0.05, 0.1) is 17.9 Å². The Morgan fingerprint density at radius 1 is 1.82 bits per heavy atom. The van der Waals surface area contributed by atoms with Crippen LogP contribution in [0.3, 0.4) is 0 Å². The van der Waals surface area contributed by atoms with Crippen LogP contribution in [-0.2, 0) is 4.74 Å². The second-order valence-electron chi connectivity index (χ2n) is 4.46. The monoisotopic (exact) mass is 239 g/mol. The predicted octanol–water partition coefficient (Wildman–Crippen LogP) is -0.0122. The fourth-order valence-electron chi connectivity index (χ4n) is 1.91. The number of H-pyrrole nitrogens is 1. The molecule has 0 saturated carbocycles. The molecule has 2 atom stereocenters. The van der Waals surface area contributed by atoms with Crippen molar-refractivity contribution in [3.8, 4) is 0 Å². The first-order valence-electron chi connectivity index (χ1n) is 5.65. The van der Waals surface area contributed by atoms with Crippen molar-refractivity contribution in [2.45, 2.75) is 32.0 Å². The van der Waals surface area contributed by atoms with Crippen LogP contribution in [-0.4, -0.2) is 46.1 Å². The standard InChI is InChI=1S/C11H17N3O3/c1-7-9(5-13-14-7)10(15)12-6-11(16)3-4-17-8(11)2/h5,8,16H,3-4,6H2,1-2H3,(H,12,15)(H,13,14). The van der Waals surface area contributed by atoms with E-state index >= 15 is 0 Å². The van der Waals surface area contributed by atoms with Gasteiger partial charge in [-0.3, -0.25) is 9.89 Å². The number of aliphatic hydroxyl groups is 1. The normalized spacial score (nSPS) is 28.3. The molecule has 0 spiro atoms. The predicted molar refractivity (Wildman–Crippen MR) is 60.6 cm³/mol. The molecule has 0 radical (unpaired) electrons. The molecular formula is C11H17N3O3. The summed E-state index contributed by atoms with van der Waals surface area (Å²) in [6, 6.07) is 0. The van der Waals surface area contributed by atoms with E-state index in [-0.39, 0.29) is 18.6 Å². The number of carbonyl (C=O) groups is 1. The van der Waals surface area contributed by atoms with Crippen molar-refractivity contribution >= 4 is 5.91 Å². The Balaban J connectivity index is 1.95. The minimum atomic E-state index is -0.965. The zero-order valence-corrected chi connectivity index (χ0v) is 9.99. The zero-order valence-electron chi connectivity index (χ0n) is 9.99. The van der Waals surface area contributed by atoms with Crippen molar-refractivity contribution < 1.29 is 14.6 Å². The number of rotatable bonds is 3. The lowest BCUT2D eigenvalue weighted by molar-refractivity contribution is -0.0251. The molecule has 2 rings (SSSR count). The lowest BCUT2D eigenvalue weighted by atomic mass is 9.96. The smallest absolute Gasteiger partial charge is 0.254 e. The molecule has 1 amide bonds. The highest BCUT2D eigenvalue weighted by Gasteiger charge is 2.39. The van der Waals surface area contributed by atoms with Crippen LogP contribution in [0.2, 0.25) is 0 Å². The van der Waals surface area contributed by atoms with E-state index < -0.39 is 5.60 Å². The molecule has 94 valence electrons. The van der Waals surface area contributed by atoms with Gasteiger partial charge in [-0.2, -0.15) is 5.10 Å². The number of nitrogens with one attached hydrogen (secondary N) is 2. The summed E-state index contributed by atoms with van der Waals surface area (Å²) < 4.78 is 5.30. The summed E-state index contributed by atoms with van der Waals surface area (Å²) in [7, 11) is 0. The molecule has 2 heterocycles. The fraction of sp³-hybridized carbons (Fsp3) is 0.636. The molecule has 6 heteroatoms. The van der Waals surface area contributed by atoms with Crippen LogP contribution in [0.4, 0.5) is 0 Å². The van der Waals surface area contributed by atoms with Gasteiger partial charge in [-0.1, -0.05) is 0 Å². The summed E-state index contributed by atoms with van der Waals surface area (Å²) in [6.45, 7) is 4.30. The molecule has 0 aromatic carbocycles.